The third-order valence-electron chi connectivity index (χ3n) is 9.24. The summed E-state index contributed by atoms with van der Waals surface area (Å²) in [7, 11) is 1.31. The monoisotopic (exact) mass is 628 g/mol. The van der Waals surface area contributed by atoms with Gasteiger partial charge in [-0.3, -0.25) is 14.4 Å². The van der Waals surface area contributed by atoms with E-state index in [1.807, 2.05) is 30.3 Å². The second kappa shape index (κ2) is 11.0. The van der Waals surface area contributed by atoms with Crippen LogP contribution in [0.2, 0.25) is 0 Å². The number of hydroxylamine groups is 1. The van der Waals surface area contributed by atoms with Gasteiger partial charge in [-0.05, 0) is 84.7 Å². The van der Waals surface area contributed by atoms with Crippen LogP contribution in [0.3, 0.4) is 0 Å². The van der Waals surface area contributed by atoms with Gasteiger partial charge in [0.1, 0.15) is 34.3 Å². The Balaban J connectivity index is 1.29. The fourth-order valence-electron chi connectivity index (χ4n) is 6.76. The van der Waals surface area contributed by atoms with Gasteiger partial charge in [-0.15, -0.1) is 11.3 Å². The quantitative estimate of drug-likeness (QED) is 0.172. The highest BCUT2D eigenvalue weighted by molar-refractivity contribution is 7.17. The number of nitrogens with zero attached hydrogens (tertiary/aromatic N) is 2. The minimum atomic E-state index is -1.13. The number of methoxy groups -OCH3 is 1. The summed E-state index contributed by atoms with van der Waals surface area (Å²) in [6, 6.07) is 17.9. The van der Waals surface area contributed by atoms with Crippen LogP contribution in [0.5, 0.6) is 0 Å². The zero-order chi connectivity index (χ0) is 31.6. The predicted molar refractivity (Wildman–Crippen MR) is 167 cm³/mol. The van der Waals surface area contributed by atoms with Gasteiger partial charge in [0.15, 0.2) is 6.10 Å². The van der Waals surface area contributed by atoms with E-state index in [1.165, 1.54) is 30.6 Å². The van der Waals surface area contributed by atoms with Gasteiger partial charge in [-0.2, -0.15) is 0 Å². The number of imide groups is 1. The number of para-hydroxylation sites is 1. The molecule has 4 heterocycles. The highest BCUT2D eigenvalue weighted by Gasteiger charge is 2.62. The summed E-state index contributed by atoms with van der Waals surface area (Å²) in [6.07, 6.45) is 1.20. The van der Waals surface area contributed by atoms with Crippen molar-refractivity contribution in [2.75, 3.05) is 17.1 Å². The number of anilines is 2. The van der Waals surface area contributed by atoms with Crippen molar-refractivity contribution >= 4 is 39.8 Å². The Morgan fingerprint density at radius 3 is 2.42 bits per heavy atom. The second-order valence-electron chi connectivity index (χ2n) is 12.9. The van der Waals surface area contributed by atoms with Crippen LogP contribution in [0.4, 0.5) is 15.1 Å². The van der Waals surface area contributed by atoms with Crippen molar-refractivity contribution in [3.05, 3.63) is 94.3 Å². The first-order chi connectivity index (χ1) is 21.6. The van der Waals surface area contributed by atoms with Gasteiger partial charge in [0.25, 0.3) is 5.91 Å². The van der Waals surface area contributed by atoms with Crippen molar-refractivity contribution in [2.24, 2.45) is 17.3 Å². The van der Waals surface area contributed by atoms with E-state index < -0.39 is 35.8 Å². The van der Waals surface area contributed by atoms with Crippen molar-refractivity contribution in [1.82, 2.24) is 0 Å². The Bertz CT molecular complexity index is 1790. The van der Waals surface area contributed by atoms with Crippen molar-refractivity contribution < 1.29 is 32.8 Å². The van der Waals surface area contributed by atoms with Gasteiger partial charge in [0.05, 0.1) is 18.4 Å². The first-order valence-corrected chi connectivity index (χ1v) is 15.9. The first-order valence-electron chi connectivity index (χ1n) is 15.0. The molecule has 0 N–H and O–H groups in total. The fraction of sp³-hybridized carbons (Fsp3) is 0.343. The van der Waals surface area contributed by atoms with E-state index in [9.17, 15) is 18.8 Å². The van der Waals surface area contributed by atoms with E-state index in [0.29, 0.717) is 45.7 Å². The molecule has 4 atom stereocenters. The minimum absolute atomic E-state index is 0.0708. The molecule has 7 rings (SSSR count). The van der Waals surface area contributed by atoms with Crippen LogP contribution in [0.25, 0.3) is 11.3 Å². The SMILES string of the molecule is COC(=O)c1c(N2C(=O)[C@H]3[C@@H](c4ccc(-c5ccc(F)cc5)o4)N(c4ccccc4)O[C@H]3C2=O)sc2c1CC[C@@H](C(C)(C)C)C2. The normalized spacial score (nSPS) is 23.0. The number of halogens is 1. The molecule has 3 aliphatic rings. The lowest BCUT2D eigenvalue weighted by molar-refractivity contribution is -0.126. The number of carbonyl (C=O) groups is 3. The number of amides is 2. The van der Waals surface area contributed by atoms with Crippen LogP contribution >= 0.6 is 11.3 Å². The van der Waals surface area contributed by atoms with Crippen LogP contribution in [-0.2, 0) is 32.0 Å². The third kappa shape index (κ3) is 4.87. The van der Waals surface area contributed by atoms with Crippen LogP contribution in [0.15, 0.2) is 71.1 Å². The standard InChI is InChI=1S/C35H33FN2O6S/c1-35(2,3)20-12-15-23-26(18-20)45-33(27(23)34(41)42-4)37-31(39)28-29(25-17-16-24(43-25)19-10-13-21(36)14-11-19)38(44-30(28)32(37)40)22-8-6-5-7-9-22/h5-11,13-14,16-17,20,28-30H,12,15,18H2,1-4H3/t20-,28+,29-,30-/m1/s1. The van der Waals surface area contributed by atoms with Crippen LogP contribution in [0.1, 0.15) is 59.8 Å². The van der Waals surface area contributed by atoms with Gasteiger partial charge >= 0.3 is 5.97 Å². The van der Waals surface area contributed by atoms with Gasteiger partial charge in [0.2, 0.25) is 5.91 Å². The third-order valence-corrected chi connectivity index (χ3v) is 10.5. The number of carbonyl (C=O) groups excluding carboxylic acids is 3. The maximum Gasteiger partial charge on any atom is 0.341 e. The average Bonchev–Trinajstić information content (AvgIpc) is 3.79. The molecule has 2 amide bonds. The summed E-state index contributed by atoms with van der Waals surface area (Å²) in [5.41, 5.74) is 2.54. The number of furan rings is 1. The zero-order valence-corrected chi connectivity index (χ0v) is 26.2. The number of thiophene rings is 1. The molecule has 0 spiro atoms. The molecule has 0 radical (unpaired) electrons. The molecular formula is C35H33FN2O6S. The van der Waals surface area contributed by atoms with Gasteiger partial charge < -0.3 is 9.15 Å². The Labute approximate surface area is 264 Å². The topological polar surface area (TPSA) is 89.3 Å². The number of rotatable bonds is 5. The molecule has 232 valence electrons. The summed E-state index contributed by atoms with van der Waals surface area (Å²) in [6.45, 7) is 6.62. The molecule has 1 aliphatic carbocycles. The molecule has 10 heteroatoms. The second-order valence-corrected chi connectivity index (χ2v) is 13.9. The highest BCUT2D eigenvalue weighted by atomic mass is 32.1. The Hall–Kier alpha value is -4.28. The Morgan fingerprint density at radius 2 is 1.73 bits per heavy atom. The Kier molecular flexibility index (Phi) is 7.17. The van der Waals surface area contributed by atoms with Gasteiger partial charge in [-0.25, -0.2) is 19.1 Å². The number of hydrogen-bond acceptors (Lipinski definition) is 8. The van der Waals surface area contributed by atoms with E-state index in [2.05, 4.69) is 20.8 Å². The molecule has 8 nitrogen and oxygen atoms in total. The molecule has 4 aromatic rings. The maximum absolute atomic E-state index is 14.4. The molecular weight excluding hydrogens is 595 g/mol. The van der Waals surface area contributed by atoms with Crippen LogP contribution in [0, 0.1) is 23.1 Å². The van der Waals surface area contributed by atoms with Crippen molar-refractivity contribution in [3.63, 3.8) is 0 Å². The molecule has 2 saturated heterocycles. The number of fused-ring (bicyclic) bond motifs is 2. The first kappa shape index (κ1) is 29.4. The average molecular weight is 629 g/mol. The maximum atomic E-state index is 14.4. The predicted octanol–water partition coefficient (Wildman–Crippen LogP) is 7.14. The lowest BCUT2D eigenvalue weighted by Gasteiger charge is -2.33. The molecule has 45 heavy (non-hydrogen) atoms. The highest BCUT2D eigenvalue weighted by Crippen LogP contribution is 2.52. The number of hydrogen-bond donors (Lipinski definition) is 0. The van der Waals surface area contributed by atoms with Crippen LogP contribution in [-0.4, -0.2) is 31.0 Å². The molecule has 2 fully saturated rings. The van der Waals surface area contributed by atoms with Crippen molar-refractivity contribution in [3.8, 4) is 11.3 Å². The van der Waals surface area contributed by atoms with Crippen molar-refractivity contribution in [1.29, 1.82) is 0 Å². The molecule has 2 aromatic heterocycles. The molecule has 0 unspecified atom stereocenters. The lowest BCUT2D eigenvalue weighted by Crippen LogP contribution is -2.37. The van der Waals surface area contributed by atoms with E-state index in [1.54, 1.807) is 29.3 Å². The summed E-state index contributed by atoms with van der Waals surface area (Å²) in [4.78, 5) is 50.2. The number of ether oxygens (including phenoxy) is 1. The summed E-state index contributed by atoms with van der Waals surface area (Å²) in [5, 5.41) is 1.86. The Morgan fingerprint density at radius 1 is 1.00 bits per heavy atom. The minimum Gasteiger partial charge on any atom is -0.465 e. The van der Waals surface area contributed by atoms with E-state index in [4.69, 9.17) is 14.0 Å². The van der Waals surface area contributed by atoms with Gasteiger partial charge in [0, 0.05) is 10.4 Å². The number of esters is 1. The molecule has 2 aromatic carbocycles. The largest absolute Gasteiger partial charge is 0.465 e. The molecule has 0 saturated carbocycles. The molecule has 0 bridgehead atoms. The fourth-order valence-corrected chi connectivity index (χ4v) is 8.19. The van der Waals surface area contributed by atoms with E-state index in [0.717, 1.165) is 28.2 Å². The summed E-state index contributed by atoms with van der Waals surface area (Å²) < 4.78 is 25.0. The number of benzene rings is 2. The van der Waals surface area contributed by atoms with Crippen molar-refractivity contribution in [2.45, 2.75) is 52.2 Å². The zero-order valence-electron chi connectivity index (χ0n) is 25.4. The van der Waals surface area contributed by atoms with Gasteiger partial charge in [-0.1, -0.05) is 39.0 Å². The van der Waals surface area contributed by atoms with E-state index >= 15 is 0 Å². The molecule has 2 aliphatic heterocycles. The summed E-state index contributed by atoms with van der Waals surface area (Å²) >= 11 is 1.33. The van der Waals surface area contributed by atoms with E-state index in [-0.39, 0.29) is 11.2 Å². The van der Waals surface area contributed by atoms with Crippen LogP contribution < -0.4 is 9.96 Å². The summed E-state index contributed by atoms with van der Waals surface area (Å²) in [5.74, 6) is -1.57. The smallest absolute Gasteiger partial charge is 0.341 e. The lowest BCUT2D eigenvalue weighted by atomic mass is 9.72.